The monoisotopic (exact) mass is 549 g/mol. The maximum absolute atomic E-state index is 13.5. The molecule has 0 aliphatic heterocycles. The first kappa shape index (κ1) is 29.5. The number of amides is 2. The molecular formula is C28H37F2N3O4S. The summed E-state index contributed by atoms with van der Waals surface area (Å²) in [6.07, 6.45) is 6.76. The Morgan fingerprint density at radius 1 is 0.974 bits per heavy atom. The van der Waals surface area contributed by atoms with Gasteiger partial charge < -0.3 is 10.2 Å². The number of hydrogen-bond acceptors (Lipinski definition) is 4. The summed E-state index contributed by atoms with van der Waals surface area (Å²) in [4.78, 5) is 28.3. The Kier molecular flexibility index (Phi) is 10.6. The Morgan fingerprint density at radius 2 is 1.55 bits per heavy atom. The zero-order valence-electron chi connectivity index (χ0n) is 22.0. The fourth-order valence-corrected chi connectivity index (χ4v) is 5.83. The number of carbonyl (C=O) groups is 2. The van der Waals surface area contributed by atoms with Crippen molar-refractivity contribution in [1.29, 1.82) is 0 Å². The number of benzene rings is 2. The topological polar surface area (TPSA) is 86.8 Å². The van der Waals surface area contributed by atoms with Gasteiger partial charge in [0.1, 0.15) is 17.7 Å². The molecule has 0 saturated heterocycles. The zero-order valence-corrected chi connectivity index (χ0v) is 22.9. The molecule has 1 atom stereocenters. The van der Waals surface area contributed by atoms with E-state index >= 15 is 0 Å². The highest BCUT2D eigenvalue weighted by Gasteiger charge is 2.30. The first-order valence-corrected chi connectivity index (χ1v) is 15.0. The maximum Gasteiger partial charge on any atom is 0.243 e. The standard InChI is InChI=1S/C28H37F2N3O4S/c1-3-26(28(35)31-24-8-5-4-6-9-24)32(20-21-11-13-22(29)14-12-21)27(34)10-7-19-33(38(2,36)37)25-17-15-23(30)16-18-25/h11-18,24,26H,3-10,19-20H2,1-2H3,(H,31,35)/t26-/m1/s1. The third kappa shape index (κ3) is 8.51. The summed E-state index contributed by atoms with van der Waals surface area (Å²) in [7, 11) is -3.67. The van der Waals surface area contributed by atoms with Gasteiger partial charge in [0.25, 0.3) is 0 Å². The van der Waals surface area contributed by atoms with Crippen molar-refractivity contribution in [2.75, 3.05) is 17.1 Å². The van der Waals surface area contributed by atoms with E-state index in [0.29, 0.717) is 17.7 Å². The Morgan fingerprint density at radius 3 is 2.11 bits per heavy atom. The predicted molar refractivity (Wildman–Crippen MR) is 144 cm³/mol. The van der Waals surface area contributed by atoms with Gasteiger partial charge in [0.2, 0.25) is 21.8 Å². The summed E-state index contributed by atoms with van der Waals surface area (Å²) in [5.74, 6) is -1.38. The molecule has 0 aromatic heterocycles. The molecule has 1 fully saturated rings. The zero-order chi connectivity index (χ0) is 27.7. The van der Waals surface area contributed by atoms with Gasteiger partial charge in [-0.05, 0) is 67.6 Å². The first-order valence-electron chi connectivity index (χ1n) is 13.2. The van der Waals surface area contributed by atoms with E-state index in [1.165, 1.54) is 41.3 Å². The number of nitrogens with one attached hydrogen (secondary N) is 1. The summed E-state index contributed by atoms with van der Waals surface area (Å²) >= 11 is 0. The van der Waals surface area contributed by atoms with E-state index < -0.39 is 27.7 Å². The van der Waals surface area contributed by atoms with Crippen LogP contribution in [0.2, 0.25) is 0 Å². The lowest BCUT2D eigenvalue weighted by molar-refractivity contribution is -0.141. The second kappa shape index (κ2) is 13.7. The lowest BCUT2D eigenvalue weighted by atomic mass is 9.95. The number of hydrogen-bond donors (Lipinski definition) is 1. The van der Waals surface area contributed by atoms with Gasteiger partial charge in [-0.1, -0.05) is 38.3 Å². The molecule has 0 heterocycles. The number of halogens is 2. The Balaban J connectivity index is 1.74. The van der Waals surface area contributed by atoms with Crippen LogP contribution in [0.25, 0.3) is 0 Å². The van der Waals surface area contributed by atoms with Gasteiger partial charge >= 0.3 is 0 Å². The first-order chi connectivity index (χ1) is 18.1. The van der Waals surface area contributed by atoms with Crippen LogP contribution in [0.15, 0.2) is 48.5 Å². The van der Waals surface area contributed by atoms with Crippen molar-refractivity contribution in [2.24, 2.45) is 0 Å². The summed E-state index contributed by atoms with van der Waals surface area (Å²) < 4.78 is 52.7. The van der Waals surface area contributed by atoms with Crippen LogP contribution in [-0.4, -0.2) is 50.0 Å². The molecule has 10 heteroatoms. The Bertz CT molecular complexity index is 1170. The highest BCUT2D eigenvalue weighted by Crippen LogP contribution is 2.21. The fourth-order valence-electron chi connectivity index (χ4n) is 4.86. The average molecular weight is 550 g/mol. The highest BCUT2D eigenvalue weighted by atomic mass is 32.2. The van der Waals surface area contributed by atoms with Crippen LogP contribution in [0.3, 0.4) is 0 Å². The maximum atomic E-state index is 13.5. The minimum absolute atomic E-state index is 0.00161. The molecule has 0 spiro atoms. The van der Waals surface area contributed by atoms with Gasteiger partial charge in [-0.25, -0.2) is 17.2 Å². The average Bonchev–Trinajstić information content (AvgIpc) is 2.88. The molecule has 0 radical (unpaired) electrons. The van der Waals surface area contributed by atoms with Gasteiger partial charge in [-0.3, -0.25) is 13.9 Å². The van der Waals surface area contributed by atoms with Crippen LogP contribution in [0.5, 0.6) is 0 Å². The van der Waals surface area contributed by atoms with Crippen LogP contribution >= 0.6 is 0 Å². The van der Waals surface area contributed by atoms with E-state index in [9.17, 15) is 26.8 Å². The molecule has 208 valence electrons. The smallest absolute Gasteiger partial charge is 0.243 e. The Labute approximate surface area is 224 Å². The summed E-state index contributed by atoms with van der Waals surface area (Å²) in [5, 5.41) is 3.11. The number of carbonyl (C=O) groups excluding carboxylic acids is 2. The van der Waals surface area contributed by atoms with E-state index in [2.05, 4.69) is 5.32 Å². The van der Waals surface area contributed by atoms with Crippen molar-refractivity contribution in [3.8, 4) is 0 Å². The second-order valence-electron chi connectivity index (χ2n) is 9.83. The van der Waals surface area contributed by atoms with E-state index in [-0.39, 0.29) is 43.8 Å². The third-order valence-corrected chi connectivity index (χ3v) is 8.06. The molecule has 2 aromatic rings. The van der Waals surface area contributed by atoms with E-state index in [1.54, 1.807) is 12.1 Å². The predicted octanol–water partition coefficient (Wildman–Crippen LogP) is 4.77. The number of anilines is 1. The lowest BCUT2D eigenvalue weighted by Crippen LogP contribution is -2.51. The molecule has 2 aromatic carbocycles. The largest absolute Gasteiger partial charge is 0.352 e. The minimum Gasteiger partial charge on any atom is -0.352 e. The molecule has 38 heavy (non-hydrogen) atoms. The summed E-state index contributed by atoms with van der Waals surface area (Å²) in [5.41, 5.74) is 0.996. The summed E-state index contributed by atoms with van der Waals surface area (Å²) in [6, 6.07) is 10.3. The van der Waals surface area contributed by atoms with E-state index in [1.807, 2.05) is 6.92 Å². The van der Waals surface area contributed by atoms with Gasteiger partial charge in [0.15, 0.2) is 0 Å². The summed E-state index contributed by atoms with van der Waals surface area (Å²) in [6.45, 7) is 1.99. The molecular weight excluding hydrogens is 512 g/mol. The van der Waals surface area contributed by atoms with Crippen LogP contribution in [0, 0.1) is 11.6 Å². The minimum atomic E-state index is -3.67. The van der Waals surface area contributed by atoms with Crippen molar-refractivity contribution in [2.45, 2.75) is 76.9 Å². The SMILES string of the molecule is CC[C@H](C(=O)NC1CCCCC1)N(Cc1ccc(F)cc1)C(=O)CCCN(c1ccc(F)cc1)S(C)(=O)=O. The number of nitrogens with zero attached hydrogens (tertiary/aromatic N) is 2. The van der Waals surface area contributed by atoms with Gasteiger partial charge in [0, 0.05) is 25.6 Å². The van der Waals surface area contributed by atoms with Crippen molar-refractivity contribution in [1.82, 2.24) is 10.2 Å². The molecule has 1 N–H and O–H groups in total. The molecule has 1 aliphatic rings. The molecule has 0 bridgehead atoms. The van der Waals surface area contributed by atoms with Gasteiger partial charge in [-0.15, -0.1) is 0 Å². The Hall–Kier alpha value is -3.01. The molecule has 1 aliphatic carbocycles. The van der Waals surface area contributed by atoms with Crippen LogP contribution in [0.4, 0.5) is 14.5 Å². The quantitative estimate of drug-likeness (QED) is 0.413. The normalized spacial score (nSPS) is 15.1. The van der Waals surface area contributed by atoms with Crippen molar-refractivity contribution < 1.29 is 26.8 Å². The van der Waals surface area contributed by atoms with Crippen LogP contribution < -0.4 is 9.62 Å². The van der Waals surface area contributed by atoms with Crippen molar-refractivity contribution in [3.63, 3.8) is 0 Å². The van der Waals surface area contributed by atoms with E-state index in [0.717, 1.165) is 42.7 Å². The molecule has 2 amide bonds. The molecule has 1 saturated carbocycles. The number of sulfonamides is 1. The third-order valence-electron chi connectivity index (χ3n) is 6.87. The van der Waals surface area contributed by atoms with Crippen molar-refractivity contribution in [3.05, 3.63) is 65.7 Å². The fraction of sp³-hybridized carbons (Fsp3) is 0.500. The van der Waals surface area contributed by atoms with Crippen molar-refractivity contribution >= 4 is 27.5 Å². The van der Waals surface area contributed by atoms with E-state index in [4.69, 9.17) is 0 Å². The number of rotatable bonds is 12. The van der Waals surface area contributed by atoms with Gasteiger partial charge in [-0.2, -0.15) is 0 Å². The molecule has 7 nitrogen and oxygen atoms in total. The van der Waals surface area contributed by atoms with Crippen LogP contribution in [-0.2, 0) is 26.2 Å². The highest BCUT2D eigenvalue weighted by molar-refractivity contribution is 7.92. The van der Waals surface area contributed by atoms with Crippen LogP contribution in [0.1, 0.15) is 63.9 Å². The molecule has 3 rings (SSSR count). The lowest BCUT2D eigenvalue weighted by Gasteiger charge is -2.33. The molecule has 0 unspecified atom stereocenters. The second-order valence-corrected chi connectivity index (χ2v) is 11.7. The van der Waals surface area contributed by atoms with Gasteiger partial charge in [0.05, 0.1) is 11.9 Å².